The Morgan fingerprint density at radius 2 is 1.84 bits per heavy atom. The minimum atomic E-state index is 0.443. The normalized spacial score (nSPS) is 29.4. The first-order valence-electron chi connectivity index (χ1n) is 9.44. The van der Waals surface area contributed by atoms with Crippen molar-refractivity contribution in [2.24, 2.45) is 0 Å². The van der Waals surface area contributed by atoms with Gasteiger partial charge in [-0.25, -0.2) is 4.98 Å². The molecule has 3 heteroatoms. The summed E-state index contributed by atoms with van der Waals surface area (Å²) in [5, 5.41) is 0. The molecule has 2 aromatic carbocycles. The van der Waals surface area contributed by atoms with E-state index in [0.29, 0.717) is 17.9 Å². The number of hydrogen-bond donors (Lipinski definition) is 1. The van der Waals surface area contributed by atoms with E-state index >= 15 is 0 Å². The topological polar surface area (TPSA) is 31.9 Å². The van der Waals surface area contributed by atoms with Crippen molar-refractivity contribution in [3.63, 3.8) is 0 Å². The van der Waals surface area contributed by atoms with Crippen LogP contribution in [0.1, 0.15) is 48.0 Å². The molecule has 25 heavy (non-hydrogen) atoms. The Kier molecular flexibility index (Phi) is 3.46. The zero-order valence-electron chi connectivity index (χ0n) is 14.9. The largest absolute Gasteiger partial charge is 0.342 e. The molecular weight excluding hydrogens is 306 g/mol. The quantitative estimate of drug-likeness (QED) is 0.744. The van der Waals surface area contributed by atoms with Gasteiger partial charge in [0.15, 0.2) is 0 Å². The van der Waals surface area contributed by atoms with Crippen LogP contribution in [0.2, 0.25) is 0 Å². The molecule has 3 nitrogen and oxygen atoms in total. The van der Waals surface area contributed by atoms with Gasteiger partial charge in [0, 0.05) is 18.0 Å². The van der Waals surface area contributed by atoms with Gasteiger partial charge in [0.05, 0.1) is 11.0 Å². The summed E-state index contributed by atoms with van der Waals surface area (Å²) < 4.78 is 0. The first-order valence-corrected chi connectivity index (χ1v) is 9.44. The summed E-state index contributed by atoms with van der Waals surface area (Å²) in [5.74, 6) is 2.16. The average molecular weight is 331 g/mol. The third kappa shape index (κ3) is 2.41. The zero-order valence-corrected chi connectivity index (χ0v) is 14.9. The van der Waals surface area contributed by atoms with Gasteiger partial charge in [0.25, 0.3) is 0 Å². The lowest BCUT2D eigenvalue weighted by Gasteiger charge is -2.42. The van der Waals surface area contributed by atoms with Crippen molar-refractivity contribution in [1.29, 1.82) is 0 Å². The molecule has 3 heterocycles. The molecule has 0 radical (unpaired) electrons. The molecule has 3 aromatic rings. The highest BCUT2D eigenvalue weighted by atomic mass is 15.2. The highest BCUT2D eigenvalue weighted by molar-refractivity contribution is 5.75. The van der Waals surface area contributed by atoms with Gasteiger partial charge in [-0.05, 0) is 56.8 Å². The summed E-state index contributed by atoms with van der Waals surface area (Å²) in [7, 11) is 2.31. The van der Waals surface area contributed by atoms with Crippen LogP contribution in [0.5, 0.6) is 0 Å². The number of fused-ring (bicyclic) bond motifs is 3. The number of nitrogens with zero attached hydrogens (tertiary/aromatic N) is 2. The van der Waals surface area contributed by atoms with Gasteiger partial charge in [0.1, 0.15) is 5.82 Å². The summed E-state index contributed by atoms with van der Waals surface area (Å²) >= 11 is 0. The van der Waals surface area contributed by atoms with Crippen molar-refractivity contribution >= 4 is 11.0 Å². The number of imidazole rings is 1. The van der Waals surface area contributed by atoms with E-state index in [9.17, 15) is 0 Å². The number of hydrogen-bond acceptors (Lipinski definition) is 2. The van der Waals surface area contributed by atoms with Gasteiger partial charge >= 0.3 is 0 Å². The number of aromatic nitrogens is 2. The number of H-pyrrole nitrogens is 1. The molecule has 1 N–H and O–H groups in total. The molecule has 1 aromatic heterocycles. The predicted molar refractivity (Wildman–Crippen MR) is 102 cm³/mol. The maximum absolute atomic E-state index is 5.00. The third-order valence-electron chi connectivity index (χ3n) is 6.50. The number of benzene rings is 2. The highest BCUT2D eigenvalue weighted by Gasteiger charge is 2.47. The van der Waals surface area contributed by atoms with Crippen molar-refractivity contribution < 1.29 is 0 Å². The Morgan fingerprint density at radius 3 is 2.64 bits per heavy atom. The van der Waals surface area contributed by atoms with Crippen LogP contribution in [0.4, 0.5) is 0 Å². The number of aromatic amines is 1. The second kappa shape index (κ2) is 5.70. The Balaban J connectivity index is 1.62. The van der Waals surface area contributed by atoms with Gasteiger partial charge < -0.3 is 4.98 Å². The summed E-state index contributed by atoms with van der Waals surface area (Å²) in [6, 6.07) is 18.9. The maximum Gasteiger partial charge on any atom is 0.112 e. The summed E-state index contributed by atoms with van der Waals surface area (Å²) in [6.45, 7) is 2.17. The number of nitrogens with one attached hydrogen (secondary N) is 1. The maximum atomic E-state index is 5.00. The number of likely N-dealkylation sites (N-methyl/N-ethyl adjacent to an activating group) is 1. The van der Waals surface area contributed by atoms with Crippen LogP contribution >= 0.6 is 0 Å². The van der Waals surface area contributed by atoms with E-state index in [4.69, 9.17) is 4.98 Å². The van der Waals surface area contributed by atoms with E-state index in [1.54, 1.807) is 0 Å². The van der Waals surface area contributed by atoms with Gasteiger partial charge in [-0.3, -0.25) is 4.90 Å². The van der Waals surface area contributed by atoms with Gasteiger partial charge in [0.2, 0.25) is 0 Å². The predicted octanol–water partition coefficient (Wildman–Crippen LogP) is 4.61. The number of para-hydroxylation sites is 2. The fourth-order valence-corrected chi connectivity index (χ4v) is 5.13. The lowest BCUT2D eigenvalue weighted by atomic mass is 9.75. The summed E-state index contributed by atoms with van der Waals surface area (Å²) in [5.41, 5.74) is 5.05. The van der Waals surface area contributed by atoms with Crippen LogP contribution < -0.4 is 0 Å². The van der Waals surface area contributed by atoms with Crippen LogP contribution in [-0.2, 0) is 0 Å². The van der Waals surface area contributed by atoms with Crippen molar-refractivity contribution in [1.82, 2.24) is 14.9 Å². The van der Waals surface area contributed by atoms with E-state index in [1.807, 2.05) is 0 Å². The molecule has 0 amide bonds. The lowest BCUT2D eigenvalue weighted by Crippen LogP contribution is -2.44. The van der Waals surface area contributed by atoms with E-state index < -0.39 is 0 Å². The smallest absolute Gasteiger partial charge is 0.112 e. The molecule has 5 rings (SSSR count). The zero-order chi connectivity index (χ0) is 17.0. The molecule has 0 saturated carbocycles. The Bertz CT molecular complexity index is 862. The number of piperidine rings is 1. The van der Waals surface area contributed by atoms with Crippen LogP contribution in [0.15, 0.2) is 48.5 Å². The van der Waals surface area contributed by atoms with Crippen LogP contribution in [0.25, 0.3) is 11.0 Å². The highest BCUT2D eigenvalue weighted by Crippen LogP contribution is 2.50. The van der Waals surface area contributed by atoms with E-state index in [-0.39, 0.29) is 0 Å². The monoisotopic (exact) mass is 331 g/mol. The molecule has 2 saturated heterocycles. The molecule has 2 aliphatic heterocycles. The second-order valence-electron chi connectivity index (χ2n) is 7.88. The second-order valence-corrected chi connectivity index (χ2v) is 7.88. The van der Waals surface area contributed by atoms with E-state index in [2.05, 4.69) is 72.4 Å². The minimum Gasteiger partial charge on any atom is -0.342 e. The van der Waals surface area contributed by atoms with Crippen molar-refractivity contribution in [3.05, 3.63) is 65.5 Å². The minimum absolute atomic E-state index is 0.443. The van der Waals surface area contributed by atoms with Crippen LogP contribution in [0, 0.1) is 6.92 Å². The standard InChI is InChI=1S/C22H25N3/c1-14-7-9-15(10-8-14)17-13-16-11-12-20(25(16)2)21(17)22-23-18-5-3-4-6-19(18)24-22/h3-10,16-17,20-21H,11-13H2,1-2H3,(H,23,24)/t16-,17?,20?,21-/m1/s1. The Labute approximate surface area is 149 Å². The van der Waals surface area contributed by atoms with Crippen molar-refractivity contribution in [2.75, 3.05) is 7.05 Å². The molecule has 2 fully saturated rings. The third-order valence-corrected chi connectivity index (χ3v) is 6.50. The lowest BCUT2D eigenvalue weighted by molar-refractivity contribution is 0.134. The van der Waals surface area contributed by atoms with Gasteiger partial charge in [-0.15, -0.1) is 0 Å². The summed E-state index contributed by atoms with van der Waals surface area (Å²) in [4.78, 5) is 11.3. The van der Waals surface area contributed by atoms with Gasteiger partial charge in [-0.2, -0.15) is 0 Å². The molecule has 2 aliphatic rings. The van der Waals surface area contributed by atoms with E-state index in [0.717, 1.165) is 17.1 Å². The van der Waals surface area contributed by atoms with Crippen LogP contribution in [0.3, 0.4) is 0 Å². The molecule has 128 valence electrons. The molecule has 0 aliphatic carbocycles. The first kappa shape index (κ1) is 15.2. The SMILES string of the molecule is Cc1ccc(C2C[C@H]3CCC([C@@H]2c2nc4ccccc4[nH]2)N3C)cc1. The fourth-order valence-electron chi connectivity index (χ4n) is 5.13. The van der Waals surface area contributed by atoms with E-state index in [1.165, 1.54) is 36.2 Å². The Morgan fingerprint density at radius 1 is 1.04 bits per heavy atom. The van der Waals surface area contributed by atoms with Gasteiger partial charge in [-0.1, -0.05) is 42.0 Å². The van der Waals surface area contributed by atoms with Crippen LogP contribution in [-0.4, -0.2) is 34.0 Å². The molecule has 2 bridgehead atoms. The molecule has 4 atom stereocenters. The molecular formula is C22H25N3. The van der Waals surface area contributed by atoms with Crippen molar-refractivity contribution in [2.45, 2.75) is 50.1 Å². The summed E-state index contributed by atoms with van der Waals surface area (Å²) in [6.07, 6.45) is 3.84. The molecule has 2 unspecified atom stereocenters. The number of aryl methyl sites for hydroxylation is 1. The van der Waals surface area contributed by atoms with Crippen molar-refractivity contribution in [3.8, 4) is 0 Å². The number of rotatable bonds is 2. The average Bonchev–Trinajstić information content (AvgIpc) is 3.14. The first-order chi connectivity index (χ1) is 12.2. The Hall–Kier alpha value is -2.13. The fraction of sp³-hybridized carbons (Fsp3) is 0.409. The molecule has 0 spiro atoms.